The van der Waals surface area contributed by atoms with E-state index in [9.17, 15) is 29.1 Å². The number of nitrogens with one attached hydrogen (secondary N) is 1. The lowest BCUT2D eigenvalue weighted by Gasteiger charge is -2.38. The van der Waals surface area contributed by atoms with Gasteiger partial charge in [0.25, 0.3) is 0 Å². The summed E-state index contributed by atoms with van der Waals surface area (Å²) >= 11 is 1.56. The molecule has 322 valence electrons. The molecular formula is C44H67N5O8S. The van der Waals surface area contributed by atoms with Crippen LogP contribution in [0.2, 0.25) is 0 Å². The van der Waals surface area contributed by atoms with E-state index in [0.717, 1.165) is 10.6 Å². The lowest BCUT2D eigenvalue weighted by atomic mass is 9.89. The zero-order chi connectivity index (χ0) is 43.0. The molecule has 4 rings (SSSR count). The summed E-state index contributed by atoms with van der Waals surface area (Å²) in [6, 6.07) is 3.22. The van der Waals surface area contributed by atoms with Gasteiger partial charge in [0.2, 0.25) is 23.6 Å². The van der Waals surface area contributed by atoms with Gasteiger partial charge in [-0.15, -0.1) is 11.8 Å². The molecule has 3 heterocycles. The maximum atomic E-state index is 14.5. The molecule has 2 bridgehead atoms. The van der Waals surface area contributed by atoms with Crippen molar-refractivity contribution < 1.29 is 38.6 Å². The van der Waals surface area contributed by atoms with E-state index < -0.39 is 60.1 Å². The van der Waals surface area contributed by atoms with Crippen molar-refractivity contribution in [3.63, 3.8) is 0 Å². The number of carbonyl (C=O) groups is 5. The first-order valence-corrected chi connectivity index (χ1v) is 21.9. The Morgan fingerprint density at radius 2 is 1.66 bits per heavy atom. The predicted octanol–water partition coefficient (Wildman–Crippen LogP) is 4.89. The number of aliphatic imine (C=N–C) groups is 1. The molecule has 2 N–H and O–H groups in total. The second-order valence-corrected chi connectivity index (χ2v) is 18.1. The van der Waals surface area contributed by atoms with Crippen LogP contribution in [0.5, 0.6) is 5.75 Å². The summed E-state index contributed by atoms with van der Waals surface area (Å²) in [6.07, 6.45) is 3.52. The maximum absolute atomic E-state index is 14.5. The Morgan fingerprint density at radius 3 is 2.28 bits per heavy atom. The number of thioether (sulfide) groups is 1. The maximum Gasteiger partial charge on any atom is 0.329 e. The van der Waals surface area contributed by atoms with Gasteiger partial charge in [-0.3, -0.25) is 24.2 Å². The standard InChI is InChI=1S/C44H67N5O8S/c1-12-27(5)38-43(54)49-19-13-14-35(49)44(55)57-37(25(2)3)21-26(4)20-36(50)29(7)40-45-32(24-58-40)22-28(6)39(51)46-34(23-31-15-17-33(56-11)18-16-31)42(53)47(9)30(8)41(52)48(38)10/h15-18,22,25-27,29-30,32,34-38,50H,12-14,19-21,23-24H2,1-11H3,(H,46,51)/t26-,27-,29-,30-,32-,34-,35-,36-,37?,38-/m0/s1. The van der Waals surface area contributed by atoms with Crippen LogP contribution in [0, 0.1) is 23.7 Å². The first-order valence-electron chi connectivity index (χ1n) is 20.9. The minimum Gasteiger partial charge on any atom is -0.497 e. The Kier molecular flexibility index (Phi) is 16.8. The number of amides is 4. The van der Waals surface area contributed by atoms with Crippen molar-refractivity contribution in [1.82, 2.24) is 20.0 Å². The monoisotopic (exact) mass is 825 g/mol. The van der Waals surface area contributed by atoms with Crippen LogP contribution in [-0.2, 0) is 35.1 Å². The van der Waals surface area contributed by atoms with E-state index in [-0.39, 0.29) is 42.0 Å². The fraction of sp³-hybridized carbons (Fsp3) is 0.682. The zero-order valence-electron chi connectivity index (χ0n) is 36.4. The lowest BCUT2D eigenvalue weighted by Crippen LogP contribution is -2.59. The number of nitrogens with zero attached hydrogens (tertiary/aromatic N) is 4. The van der Waals surface area contributed by atoms with E-state index >= 15 is 0 Å². The number of fused-ring (bicyclic) bond motifs is 2. The SMILES string of the molecule is CC[C@H](C)[C@H]1C(=O)N2CCC[C@H]2C(=O)OC(C(C)C)C[C@@H](C)C[C@H](O)[C@H](C)C2=N[C@@H](C=C(C)C(=O)N[C@@H](Cc3ccc(OC)cc3)C(=O)N(C)[C@@H](C)C(=O)N1C)CS2. The van der Waals surface area contributed by atoms with Crippen LogP contribution in [0.1, 0.15) is 93.1 Å². The first-order chi connectivity index (χ1) is 27.4. The number of rotatable bonds is 6. The summed E-state index contributed by atoms with van der Waals surface area (Å²) in [5.41, 5.74) is 1.17. The average Bonchev–Trinajstić information content (AvgIpc) is 3.89. The third-order valence-corrected chi connectivity index (χ3v) is 13.5. The molecule has 1 aromatic carbocycles. The zero-order valence-corrected chi connectivity index (χ0v) is 37.2. The molecule has 0 radical (unpaired) electrons. The van der Waals surface area contributed by atoms with E-state index in [2.05, 4.69) is 5.32 Å². The minimum absolute atomic E-state index is 0.00511. The molecule has 14 heteroatoms. The molecule has 3 aliphatic rings. The molecule has 4 amide bonds. The highest BCUT2D eigenvalue weighted by molar-refractivity contribution is 8.14. The number of likely N-dealkylation sites (N-methyl/N-ethyl adjacent to an activating group) is 2. The highest BCUT2D eigenvalue weighted by Crippen LogP contribution is 2.31. The van der Waals surface area contributed by atoms with Gasteiger partial charge in [-0.2, -0.15) is 0 Å². The summed E-state index contributed by atoms with van der Waals surface area (Å²) < 4.78 is 11.5. The van der Waals surface area contributed by atoms with Gasteiger partial charge in [-0.25, -0.2) is 4.79 Å². The average molecular weight is 826 g/mol. The summed E-state index contributed by atoms with van der Waals surface area (Å²) in [4.78, 5) is 80.1. The van der Waals surface area contributed by atoms with Crippen LogP contribution in [0.15, 0.2) is 40.9 Å². The van der Waals surface area contributed by atoms with E-state index in [0.29, 0.717) is 55.7 Å². The molecule has 1 saturated heterocycles. The Morgan fingerprint density at radius 1 is 0.983 bits per heavy atom. The van der Waals surface area contributed by atoms with Crippen LogP contribution in [-0.4, -0.2) is 130 Å². The van der Waals surface area contributed by atoms with Crippen molar-refractivity contribution in [3.05, 3.63) is 41.5 Å². The second kappa shape index (κ2) is 20.9. The fourth-order valence-corrected chi connectivity index (χ4v) is 9.17. The number of carbonyl (C=O) groups excluding carboxylic acids is 5. The summed E-state index contributed by atoms with van der Waals surface area (Å²) in [5, 5.41) is 15.1. The third kappa shape index (κ3) is 11.4. The summed E-state index contributed by atoms with van der Waals surface area (Å²) in [5.74, 6) is -1.35. The van der Waals surface area contributed by atoms with Crippen LogP contribution < -0.4 is 10.1 Å². The number of cyclic esters (lactones) is 1. The molecule has 1 aromatic rings. The molecule has 58 heavy (non-hydrogen) atoms. The topological polar surface area (TPSA) is 158 Å². The van der Waals surface area contributed by atoms with E-state index in [1.807, 2.05) is 53.7 Å². The van der Waals surface area contributed by atoms with Gasteiger partial charge in [0.1, 0.15) is 36.0 Å². The number of benzene rings is 1. The molecule has 10 atom stereocenters. The summed E-state index contributed by atoms with van der Waals surface area (Å²) in [6.45, 7) is 15.5. The molecule has 13 nitrogen and oxygen atoms in total. The first kappa shape index (κ1) is 46.8. The molecule has 3 aliphatic heterocycles. The van der Waals surface area contributed by atoms with Gasteiger partial charge in [0.15, 0.2) is 0 Å². The van der Waals surface area contributed by atoms with Crippen molar-refractivity contribution in [1.29, 1.82) is 0 Å². The molecule has 1 fully saturated rings. The van der Waals surface area contributed by atoms with Gasteiger partial charge in [0.05, 0.1) is 24.3 Å². The largest absolute Gasteiger partial charge is 0.497 e. The molecule has 0 saturated carbocycles. The number of ether oxygens (including phenoxy) is 2. The van der Waals surface area contributed by atoms with Crippen molar-refractivity contribution >= 4 is 46.4 Å². The molecule has 1 unspecified atom stereocenters. The fourth-order valence-electron chi connectivity index (χ4n) is 8.03. The van der Waals surface area contributed by atoms with E-state index in [1.165, 1.54) is 16.8 Å². The van der Waals surface area contributed by atoms with Crippen molar-refractivity contribution in [2.24, 2.45) is 28.7 Å². The lowest BCUT2D eigenvalue weighted by molar-refractivity contribution is -0.163. The van der Waals surface area contributed by atoms with Crippen LogP contribution in [0.25, 0.3) is 0 Å². The predicted molar refractivity (Wildman–Crippen MR) is 227 cm³/mol. The molecule has 0 aromatic heterocycles. The van der Waals surface area contributed by atoms with Crippen LogP contribution in [0.4, 0.5) is 0 Å². The quantitative estimate of drug-likeness (QED) is 0.382. The van der Waals surface area contributed by atoms with E-state index in [4.69, 9.17) is 14.5 Å². The van der Waals surface area contributed by atoms with E-state index in [1.54, 1.807) is 62.9 Å². The normalized spacial score (nSPS) is 30.9. The van der Waals surface area contributed by atoms with Gasteiger partial charge in [0, 0.05) is 44.3 Å². The minimum atomic E-state index is -1.03. The molecular weight excluding hydrogens is 759 g/mol. The Balaban J connectivity index is 1.73. The Bertz CT molecular complexity index is 1680. The number of methoxy groups -OCH3 is 1. The number of hydrogen-bond donors (Lipinski definition) is 2. The number of hydrogen-bond acceptors (Lipinski definition) is 10. The smallest absolute Gasteiger partial charge is 0.329 e. The van der Waals surface area contributed by atoms with Gasteiger partial charge in [-0.05, 0) is 75.0 Å². The number of aliphatic hydroxyl groups excluding tert-OH is 1. The highest BCUT2D eigenvalue weighted by Gasteiger charge is 2.44. The number of esters is 1. The highest BCUT2D eigenvalue weighted by atomic mass is 32.2. The Hall–Kier alpha value is -3.91. The van der Waals surface area contributed by atoms with Gasteiger partial charge in [-0.1, -0.05) is 66.2 Å². The van der Waals surface area contributed by atoms with Gasteiger partial charge >= 0.3 is 5.97 Å². The molecule has 0 spiro atoms. The number of aliphatic hydroxyl groups is 1. The van der Waals surface area contributed by atoms with Gasteiger partial charge < -0.3 is 34.6 Å². The second-order valence-electron chi connectivity index (χ2n) is 17.0. The van der Waals surface area contributed by atoms with Crippen molar-refractivity contribution in [2.75, 3.05) is 33.5 Å². The summed E-state index contributed by atoms with van der Waals surface area (Å²) in [7, 11) is 4.67. The Labute approximate surface area is 349 Å². The molecule has 0 aliphatic carbocycles. The third-order valence-electron chi connectivity index (χ3n) is 12.2. The van der Waals surface area contributed by atoms with Crippen molar-refractivity contribution in [3.8, 4) is 5.75 Å². The van der Waals surface area contributed by atoms with Crippen molar-refractivity contribution in [2.45, 2.75) is 136 Å². The van der Waals surface area contributed by atoms with Crippen LogP contribution in [0.3, 0.4) is 0 Å². The van der Waals surface area contributed by atoms with Crippen LogP contribution >= 0.6 is 11.8 Å².